The average molecular weight is 276 g/mol. The molecule has 0 saturated carbocycles. The summed E-state index contributed by atoms with van der Waals surface area (Å²) in [6.45, 7) is 1.91. The molecule has 1 aromatic heterocycles. The molecule has 0 spiro atoms. The van der Waals surface area contributed by atoms with E-state index < -0.39 is 10.0 Å². The summed E-state index contributed by atoms with van der Waals surface area (Å²) in [5.41, 5.74) is 0.945. The highest BCUT2D eigenvalue weighted by Crippen LogP contribution is 2.13. The van der Waals surface area contributed by atoms with Gasteiger partial charge in [-0.3, -0.25) is 0 Å². The average Bonchev–Trinajstić information content (AvgIpc) is 2.78. The lowest BCUT2D eigenvalue weighted by Gasteiger charge is -2.30. The van der Waals surface area contributed by atoms with Gasteiger partial charge >= 0.3 is 0 Å². The Kier molecular flexibility index (Phi) is 4.08. The third-order valence-electron chi connectivity index (χ3n) is 2.90. The van der Waals surface area contributed by atoms with Crippen LogP contribution >= 0.6 is 11.5 Å². The van der Waals surface area contributed by atoms with Crippen LogP contribution in [-0.2, 0) is 16.6 Å². The van der Waals surface area contributed by atoms with Crippen LogP contribution in [-0.4, -0.2) is 47.7 Å². The predicted molar refractivity (Wildman–Crippen MR) is 66.2 cm³/mol. The van der Waals surface area contributed by atoms with Crippen molar-refractivity contribution in [1.29, 1.82) is 0 Å². The molecule has 0 aliphatic carbocycles. The Hall–Kier alpha value is -0.570. The van der Waals surface area contributed by atoms with Gasteiger partial charge in [0, 0.05) is 31.1 Å². The van der Waals surface area contributed by atoms with Crippen molar-refractivity contribution in [1.82, 2.24) is 19.2 Å². The van der Waals surface area contributed by atoms with E-state index in [2.05, 4.69) is 14.9 Å². The number of rotatable bonds is 4. The molecule has 1 saturated heterocycles. The smallest absolute Gasteiger partial charge is 0.211 e. The van der Waals surface area contributed by atoms with E-state index in [1.807, 2.05) is 5.38 Å². The lowest BCUT2D eigenvalue weighted by atomic mass is 10.1. The second kappa shape index (κ2) is 5.38. The molecule has 17 heavy (non-hydrogen) atoms. The third-order valence-corrected chi connectivity index (χ3v) is 4.76. The molecular weight excluding hydrogens is 260 g/mol. The van der Waals surface area contributed by atoms with Crippen molar-refractivity contribution in [2.45, 2.75) is 25.4 Å². The fourth-order valence-corrected chi connectivity index (χ4v) is 3.23. The van der Waals surface area contributed by atoms with Crippen molar-refractivity contribution < 1.29 is 8.42 Å². The van der Waals surface area contributed by atoms with Crippen molar-refractivity contribution in [3.63, 3.8) is 0 Å². The van der Waals surface area contributed by atoms with Crippen LogP contribution in [0.1, 0.15) is 18.5 Å². The molecule has 8 heteroatoms. The molecule has 1 aromatic rings. The van der Waals surface area contributed by atoms with Gasteiger partial charge in [0.2, 0.25) is 10.0 Å². The molecule has 1 aliphatic rings. The number of piperidine rings is 1. The molecule has 6 nitrogen and oxygen atoms in total. The van der Waals surface area contributed by atoms with Crippen LogP contribution in [0.3, 0.4) is 0 Å². The van der Waals surface area contributed by atoms with Crippen molar-refractivity contribution in [3.05, 3.63) is 11.1 Å². The van der Waals surface area contributed by atoms with Gasteiger partial charge in [-0.1, -0.05) is 4.49 Å². The molecule has 0 atom stereocenters. The van der Waals surface area contributed by atoms with Gasteiger partial charge in [0.15, 0.2) is 0 Å². The molecule has 1 aliphatic heterocycles. The minimum absolute atomic E-state index is 0.370. The first-order valence-electron chi connectivity index (χ1n) is 5.50. The highest BCUT2D eigenvalue weighted by Gasteiger charge is 2.24. The zero-order valence-corrected chi connectivity index (χ0v) is 11.3. The van der Waals surface area contributed by atoms with Gasteiger partial charge in [-0.2, -0.15) is 0 Å². The quantitative estimate of drug-likeness (QED) is 0.841. The van der Waals surface area contributed by atoms with Crippen molar-refractivity contribution in [2.24, 2.45) is 0 Å². The van der Waals surface area contributed by atoms with Gasteiger partial charge in [0.05, 0.1) is 11.9 Å². The zero-order valence-electron chi connectivity index (χ0n) is 9.66. The largest absolute Gasteiger partial charge is 0.308 e. The summed E-state index contributed by atoms with van der Waals surface area (Å²) in [5.74, 6) is 0. The van der Waals surface area contributed by atoms with Crippen molar-refractivity contribution >= 4 is 21.6 Å². The van der Waals surface area contributed by atoms with Gasteiger partial charge in [0.1, 0.15) is 0 Å². The molecular formula is C9H16N4O2S2. The van der Waals surface area contributed by atoms with E-state index in [4.69, 9.17) is 0 Å². The first kappa shape index (κ1) is 12.9. The van der Waals surface area contributed by atoms with Gasteiger partial charge in [-0.25, -0.2) is 12.7 Å². The Morgan fingerprint density at radius 3 is 2.76 bits per heavy atom. The van der Waals surface area contributed by atoms with Crippen LogP contribution in [0, 0.1) is 0 Å². The molecule has 0 aromatic carbocycles. The number of nitrogens with zero attached hydrogens (tertiary/aromatic N) is 3. The molecule has 0 radical (unpaired) electrons. The van der Waals surface area contributed by atoms with Gasteiger partial charge < -0.3 is 5.32 Å². The van der Waals surface area contributed by atoms with Gasteiger partial charge in [0.25, 0.3) is 0 Å². The van der Waals surface area contributed by atoms with E-state index in [0.717, 1.165) is 18.5 Å². The maximum atomic E-state index is 11.3. The Morgan fingerprint density at radius 2 is 2.24 bits per heavy atom. The van der Waals surface area contributed by atoms with E-state index in [1.54, 1.807) is 0 Å². The topological polar surface area (TPSA) is 75.2 Å². The maximum Gasteiger partial charge on any atom is 0.211 e. The SMILES string of the molecule is CS(=O)(=O)N1CCC(NCc2csnn2)CC1. The first-order valence-corrected chi connectivity index (χ1v) is 8.18. The van der Waals surface area contributed by atoms with Crippen LogP contribution in [0.2, 0.25) is 0 Å². The summed E-state index contributed by atoms with van der Waals surface area (Å²) in [4.78, 5) is 0. The van der Waals surface area contributed by atoms with Gasteiger partial charge in [-0.05, 0) is 24.4 Å². The number of aromatic nitrogens is 2. The van der Waals surface area contributed by atoms with Crippen LogP contribution in [0.25, 0.3) is 0 Å². The standard InChI is InChI=1S/C9H16N4O2S2/c1-17(14,15)13-4-2-8(3-5-13)10-6-9-7-16-12-11-9/h7-8,10H,2-6H2,1H3. The van der Waals surface area contributed by atoms with Crippen LogP contribution in [0.5, 0.6) is 0 Å². The lowest BCUT2D eigenvalue weighted by molar-refractivity contribution is 0.289. The molecule has 1 fully saturated rings. The van der Waals surface area contributed by atoms with Crippen molar-refractivity contribution in [3.8, 4) is 0 Å². The first-order chi connectivity index (χ1) is 8.05. The summed E-state index contributed by atoms with van der Waals surface area (Å²) >= 11 is 1.34. The molecule has 0 amide bonds. The summed E-state index contributed by atoms with van der Waals surface area (Å²) in [7, 11) is -3.02. The van der Waals surface area contributed by atoms with Crippen LogP contribution < -0.4 is 5.32 Å². The normalized spacial score (nSPS) is 19.6. The van der Waals surface area contributed by atoms with E-state index in [9.17, 15) is 8.42 Å². The molecule has 2 rings (SSSR count). The fraction of sp³-hybridized carbons (Fsp3) is 0.778. The zero-order chi connectivity index (χ0) is 12.3. The second-order valence-corrected chi connectivity index (χ2v) is 6.81. The number of hydrogen-bond donors (Lipinski definition) is 1. The van der Waals surface area contributed by atoms with Gasteiger partial charge in [-0.15, -0.1) is 5.10 Å². The summed E-state index contributed by atoms with van der Waals surface area (Å²) in [6, 6.07) is 0.370. The molecule has 2 heterocycles. The number of hydrogen-bond acceptors (Lipinski definition) is 6. The highest BCUT2D eigenvalue weighted by atomic mass is 32.2. The monoisotopic (exact) mass is 276 g/mol. The number of nitrogens with one attached hydrogen (secondary N) is 1. The maximum absolute atomic E-state index is 11.3. The molecule has 0 bridgehead atoms. The van der Waals surface area contributed by atoms with Crippen LogP contribution in [0.15, 0.2) is 5.38 Å². The van der Waals surface area contributed by atoms with E-state index in [-0.39, 0.29) is 0 Å². The predicted octanol–water partition coefficient (Wildman–Crippen LogP) is 0.0517. The van der Waals surface area contributed by atoms with Crippen molar-refractivity contribution in [2.75, 3.05) is 19.3 Å². The Balaban J connectivity index is 1.76. The fourth-order valence-electron chi connectivity index (χ4n) is 1.90. The second-order valence-electron chi connectivity index (χ2n) is 4.21. The highest BCUT2D eigenvalue weighted by molar-refractivity contribution is 7.88. The minimum Gasteiger partial charge on any atom is -0.308 e. The molecule has 96 valence electrons. The van der Waals surface area contributed by atoms with Crippen LogP contribution in [0.4, 0.5) is 0 Å². The van der Waals surface area contributed by atoms with E-state index in [0.29, 0.717) is 25.7 Å². The minimum atomic E-state index is -3.02. The third kappa shape index (κ3) is 3.70. The lowest BCUT2D eigenvalue weighted by Crippen LogP contribution is -2.44. The molecule has 1 N–H and O–H groups in total. The summed E-state index contributed by atoms with van der Waals surface area (Å²) < 4.78 is 28.0. The molecule has 0 unspecified atom stereocenters. The Morgan fingerprint density at radius 1 is 1.53 bits per heavy atom. The summed E-state index contributed by atoms with van der Waals surface area (Å²) in [6.07, 6.45) is 2.97. The van der Waals surface area contributed by atoms with E-state index in [1.165, 1.54) is 22.1 Å². The Bertz CT molecular complexity index is 438. The number of sulfonamides is 1. The Labute approximate surface area is 105 Å². The summed E-state index contributed by atoms with van der Waals surface area (Å²) in [5, 5.41) is 9.25. The van der Waals surface area contributed by atoms with E-state index >= 15 is 0 Å².